The van der Waals surface area contributed by atoms with Crippen LogP contribution in [0.4, 0.5) is 0 Å². The summed E-state index contributed by atoms with van der Waals surface area (Å²) in [6, 6.07) is 0.192. The molecule has 3 aliphatic rings. The van der Waals surface area contributed by atoms with Crippen molar-refractivity contribution in [3.05, 3.63) is 0 Å². The third-order valence-electron chi connectivity index (χ3n) is 5.63. The Morgan fingerprint density at radius 2 is 2.06 bits per heavy atom. The summed E-state index contributed by atoms with van der Waals surface area (Å²) in [6.07, 6.45) is 9.31. The Hall–Kier alpha value is -0.860. The number of amides is 1. The van der Waals surface area contributed by atoms with Crippen LogP contribution in [0.2, 0.25) is 0 Å². The topological polar surface area (TPSA) is 37.4 Å². The zero-order chi connectivity index (χ0) is 12.8. The van der Waals surface area contributed by atoms with Gasteiger partial charge in [-0.3, -0.25) is 4.79 Å². The van der Waals surface area contributed by atoms with E-state index >= 15 is 0 Å². The summed E-state index contributed by atoms with van der Waals surface area (Å²) in [5, 5.41) is 0. The maximum atomic E-state index is 12.5. The smallest absolute Gasteiger partial charge is 0.223 e. The molecule has 2 saturated heterocycles. The van der Waals surface area contributed by atoms with Gasteiger partial charge in [0.15, 0.2) is 0 Å². The second-order valence-electron chi connectivity index (χ2n) is 6.50. The highest BCUT2D eigenvalue weighted by molar-refractivity contribution is 5.79. The van der Waals surface area contributed by atoms with E-state index < -0.39 is 0 Å². The number of hydrogen-bond donors (Lipinski definition) is 0. The Balaban J connectivity index is 1.97. The van der Waals surface area contributed by atoms with Crippen LogP contribution in [0.5, 0.6) is 0 Å². The first-order valence-electron chi connectivity index (χ1n) is 7.45. The highest BCUT2D eigenvalue weighted by Gasteiger charge is 2.56. The average molecular weight is 249 g/mol. The van der Waals surface area contributed by atoms with Crippen molar-refractivity contribution in [1.82, 2.24) is 4.90 Å². The molecular weight excluding hydrogens is 226 g/mol. The van der Waals surface area contributed by atoms with E-state index in [1.807, 2.05) is 0 Å². The van der Waals surface area contributed by atoms with Gasteiger partial charge in [-0.1, -0.05) is 13.3 Å². The zero-order valence-electron chi connectivity index (χ0n) is 11.2. The molecule has 3 fully saturated rings. The normalized spacial score (nSPS) is 43.5. The van der Waals surface area contributed by atoms with Crippen LogP contribution in [0.1, 0.15) is 58.3 Å². The van der Waals surface area contributed by atoms with Gasteiger partial charge in [0.25, 0.3) is 0 Å². The molecule has 1 spiro atoms. The minimum Gasteiger partial charge on any atom is -0.333 e. The predicted molar refractivity (Wildman–Crippen MR) is 69.0 cm³/mol. The molecule has 0 aromatic heterocycles. The van der Waals surface area contributed by atoms with E-state index in [0.29, 0.717) is 30.6 Å². The highest BCUT2D eigenvalue weighted by Crippen LogP contribution is 2.54. The van der Waals surface area contributed by atoms with E-state index in [2.05, 4.69) is 11.8 Å². The summed E-state index contributed by atoms with van der Waals surface area (Å²) in [6.45, 7) is 2.25. The molecule has 0 unspecified atom stereocenters. The molecule has 1 amide bonds. The Bertz CT molecular complexity index is 368. The van der Waals surface area contributed by atoms with Crippen molar-refractivity contribution in [3.8, 4) is 0 Å². The van der Waals surface area contributed by atoms with E-state index in [1.54, 1.807) is 0 Å². The SMILES string of the molecule is C[C@H]1CC(=O)N2[C@@H](CC=O)CCC[C@]23CCC[C@H]13. The molecule has 3 heteroatoms. The third kappa shape index (κ3) is 1.55. The van der Waals surface area contributed by atoms with E-state index in [9.17, 15) is 9.59 Å². The van der Waals surface area contributed by atoms with Crippen molar-refractivity contribution < 1.29 is 9.59 Å². The average Bonchev–Trinajstić information content (AvgIpc) is 2.73. The molecule has 3 nitrogen and oxygen atoms in total. The maximum Gasteiger partial charge on any atom is 0.223 e. The molecule has 1 saturated carbocycles. The molecule has 0 radical (unpaired) electrons. The Morgan fingerprint density at radius 3 is 2.78 bits per heavy atom. The lowest BCUT2D eigenvalue weighted by atomic mass is 9.67. The molecule has 100 valence electrons. The second kappa shape index (κ2) is 4.36. The van der Waals surface area contributed by atoms with Crippen LogP contribution in [0.15, 0.2) is 0 Å². The monoisotopic (exact) mass is 249 g/mol. The van der Waals surface area contributed by atoms with Crippen LogP contribution in [0.25, 0.3) is 0 Å². The van der Waals surface area contributed by atoms with E-state index in [4.69, 9.17) is 0 Å². The molecule has 3 rings (SSSR count). The van der Waals surface area contributed by atoms with Crippen LogP contribution < -0.4 is 0 Å². The number of carbonyl (C=O) groups is 2. The molecule has 0 aromatic rings. The molecule has 0 N–H and O–H groups in total. The summed E-state index contributed by atoms with van der Waals surface area (Å²) >= 11 is 0. The summed E-state index contributed by atoms with van der Waals surface area (Å²) in [7, 11) is 0. The number of aldehydes is 1. The van der Waals surface area contributed by atoms with Crippen molar-refractivity contribution in [2.45, 2.75) is 69.9 Å². The number of rotatable bonds is 2. The Morgan fingerprint density at radius 1 is 1.33 bits per heavy atom. The fourth-order valence-electron chi connectivity index (χ4n) is 5.07. The summed E-state index contributed by atoms with van der Waals surface area (Å²) in [5.74, 6) is 1.53. The maximum absolute atomic E-state index is 12.5. The number of hydrogen-bond acceptors (Lipinski definition) is 2. The van der Waals surface area contributed by atoms with Crippen molar-refractivity contribution in [1.29, 1.82) is 0 Å². The van der Waals surface area contributed by atoms with Gasteiger partial charge in [0, 0.05) is 24.4 Å². The van der Waals surface area contributed by atoms with E-state index in [-0.39, 0.29) is 11.6 Å². The molecule has 0 aromatic carbocycles. The van der Waals surface area contributed by atoms with E-state index in [0.717, 1.165) is 12.7 Å². The van der Waals surface area contributed by atoms with Crippen molar-refractivity contribution in [2.75, 3.05) is 0 Å². The minimum atomic E-state index is 0.126. The minimum absolute atomic E-state index is 0.126. The van der Waals surface area contributed by atoms with Gasteiger partial charge in [-0.05, 0) is 43.9 Å². The Kier molecular flexibility index (Phi) is 2.95. The fourth-order valence-corrected chi connectivity index (χ4v) is 5.07. The summed E-state index contributed by atoms with van der Waals surface area (Å²) in [4.78, 5) is 25.5. The first-order chi connectivity index (χ1) is 8.69. The van der Waals surface area contributed by atoms with Crippen molar-refractivity contribution >= 4 is 12.2 Å². The van der Waals surface area contributed by atoms with Crippen LogP contribution >= 0.6 is 0 Å². The summed E-state index contributed by atoms with van der Waals surface area (Å²) < 4.78 is 0. The largest absolute Gasteiger partial charge is 0.333 e. The van der Waals surface area contributed by atoms with Gasteiger partial charge in [0.2, 0.25) is 5.91 Å². The van der Waals surface area contributed by atoms with Crippen LogP contribution in [0.3, 0.4) is 0 Å². The second-order valence-corrected chi connectivity index (χ2v) is 6.50. The van der Waals surface area contributed by atoms with Crippen LogP contribution in [-0.2, 0) is 9.59 Å². The lowest BCUT2D eigenvalue weighted by Crippen LogP contribution is -2.65. The quantitative estimate of drug-likeness (QED) is 0.705. The van der Waals surface area contributed by atoms with Gasteiger partial charge in [0.05, 0.1) is 0 Å². The molecule has 4 atom stereocenters. The van der Waals surface area contributed by atoms with Gasteiger partial charge in [-0.15, -0.1) is 0 Å². The van der Waals surface area contributed by atoms with Crippen molar-refractivity contribution in [2.24, 2.45) is 11.8 Å². The molecular formula is C15H23NO2. The van der Waals surface area contributed by atoms with Gasteiger partial charge in [-0.25, -0.2) is 0 Å². The molecule has 2 aliphatic heterocycles. The number of carbonyl (C=O) groups excluding carboxylic acids is 2. The first kappa shape index (κ1) is 12.2. The first-order valence-corrected chi connectivity index (χ1v) is 7.45. The van der Waals surface area contributed by atoms with Crippen LogP contribution in [-0.4, -0.2) is 28.7 Å². The van der Waals surface area contributed by atoms with E-state index in [1.165, 1.54) is 32.1 Å². The Labute approximate surface area is 109 Å². The van der Waals surface area contributed by atoms with Gasteiger partial charge >= 0.3 is 0 Å². The van der Waals surface area contributed by atoms with Gasteiger partial charge < -0.3 is 9.69 Å². The molecule has 2 heterocycles. The number of piperidine rings is 2. The van der Waals surface area contributed by atoms with Gasteiger partial charge in [-0.2, -0.15) is 0 Å². The van der Waals surface area contributed by atoms with Crippen LogP contribution in [0, 0.1) is 11.8 Å². The predicted octanol–water partition coefficient (Wildman–Crippen LogP) is 2.54. The highest BCUT2D eigenvalue weighted by atomic mass is 16.2. The summed E-state index contributed by atoms with van der Waals surface area (Å²) in [5.41, 5.74) is 0.126. The standard InChI is InChI=1S/C15H23NO2/c1-11-10-14(18)16-12(6-9-17)4-2-7-15(16)8-3-5-13(11)15/h9,11-13H,2-8,10H2,1H3/t11-,12+,13+,15+/m0/s1. The zero-order valence-corrected chi connectivity index (χ0v) is 11.2. The third-order valence-corrected chi connectivity index (χ3v) is 5.63. The number of nitrogens with zero attached hydrogens (tertiary/aromatic N) is 1. The van der Waals surface area contributed by atoms with Gasteiger partial charge in [0.1, 0.15) is 6.29 Å². The fraction of sp³-hybridized carbons (Fsp3) is 0.867. The molecule has 0 bridgehead atoms. The lowest BCUT2D eigenvalue weighted by molar-refractivity contribution is -0.159. The lowest BCUT2D eigenvalue weighted by Gasteiger charge is -2.57. The molecule has 1 aliphatic carbocycles. The molecule has 18 heavy (non-hydrogen) atoms. The van der Waals surface area contributed by atoms with Crippen molar-refractivity contribution in [3.63, 3.8) is 0 Å².